The zero-order chi connectivity index (χ0) is 27.9. The summed E-state index contributed by atoms with van der Waals surface area (Å²) in [6, 6.07) is 13.2. The van der Waals surface area contributed by atoms with Crippen LogP contribution in [-0.4, -0.2) is 31.7 Å². The van der Waals surface area contributed by atoms with E-state index in [9.17, 15) is 22.8 Å². The number of carbonyl (C=O) groups excluding carboxylic acids is 2. The lowest BCUT2D eigenvalue weighted by molar-refractivity contribution is -0.141. The molecule has 198 valence electrons. The Hall–Kier alpha value is -4.42. The molecule has 0 bridgehead atoms. The van der Waals surface area contributed by atoms with E-state index in [0.29, 0.717) is 27.3 Å². The molecule has 0 spiro atoms. The Morgan fingerprint density at radius 3 is 2.46 bits per heavy atom. The van der Waals surface area contributed by atoms with Crippen LogP contribution in [0.25, 0.3) is 16.6 Å². The third-order valence-corrected chi connectivity index (χ3v) is 6.20. The number of nitrogens with one attached hydrogen (secondary N) is 2. The van der Waals surface area contributed by atoms with Crippen molar-refractivity contribution in [3.05, 3.63) is 93.6 Å². The highest BCUT2D eigenvalue weighted by molar-refractivity contribution is 6.40. The summed E-state index contributed by atoms with van der Waals surface area (Å²) < 4.78 is 46.3. The molecular formula is C25H15Cl2F3N6O3. The van der Waals surface area contributed by atoms with E-state index >= 15 is 0 Å². The van der Waals surface area contributed by atoms with Gasteiger partial charge in [0.25, 0.3) is 11.8 Å². The lowest BCUT2D eigenvalue weighted by Crippen LogP contribution is -2.21. The van der Waals surface area contributed by atoms with E-state index in [-0.39, 0.29) is 32.9 Å². The van der Waals surface area contributed by atoms with Gasteiger partial charge in [-0.05, 0) is 30.5 Å². The van der Waals surface area contributed by atoms with Gasteiger partial charge < -0.3 is 15.2 Å². The van der Waals surface area contributed by atoms with Gasteiger partial charge in [0.05, 0.1) is 21.3 Å². The second kappa shape index (κ2) is 10.0. The molecule has 3 heterocycles. The van der Waals surface area contributed by atoms with Crippen molar-refractivity contribution in [1.29, 1.82) is 0 Å². The van der Waals surface area contributed by atoms with Gasteiger partial charge in [-0.1, -0.05) is 52.6 Å². The van der Waals surface area contributed by atoms with Gasteiger partial charge in [0.2, 0.25) is 0 Å². The van der Waals surface area contributed by atoms with Crippen molar-refractivity contribution in [2.24, 2.45) is 0 Å². The molecule has 3 aromatic heterocycles. The van der Waals surface area contributed by atoms with Gasteiger partial charge in [-0.15, -0.1) is 0 Å². The zero-order valence-electron chi connectivity index (χ0n) is 19.7. The molecule has 0 unspecified atom stereocenters. The minimum Gasteiger partial charge on any atom is -0.360 e. The van der Waals surface area contributed by atoms with Crippen molar-refractivity contribution in [3.63, 3.8) is 0 Å². The molecule has 0 saturated heterocycles. The van der Waals surface area contributed by atoms with Crippen LogP contribution in [0.3, 0.4) is 0 Å². The van der Waals surface area contributed by atoms with Crippen molar-refractivity contribution < 1.29 is 27.3 Å². The van der Waals surface area contributed by atoms with Gasteiger partial charge in [-0.2, -0.15) is 18.3 Å². The monoisotopic (exact) mass is 574 g/mol. The predicted octanol–water partition coefficient (Wildman–Crippen LogP) is 6.55. The van der Waals surface area contributed by atoms with Crippen LogP contribution in [0.1, 0.15) is 32.3 Å². The van der Waals surface area contributed by atoms with Crippen LogP contribution in [0.15, 0.2) is 65.3 Å². The minimum atomic E-state index is -4.87. The smallest absolute Gasteiger partial charge is 0.360 e. The molecule has 39 heavy (non-hydrogen) atoms. The Morgan fingerprint density at radius 2 is 1.77 bits per heavy atom. The number of hydrogen-bond acceptors (Lipinski definition) is 6. The quantitative estimate of drug-likeness (QED) is 0.246. The maximum Gasteiger partial charge on any atom is 0.435 e. The second-order valence-corrected chi connectivity index (χ2v) is 8.98. The number of nitrogens with zero attached hydrogens (tertiary/aromatic N) is 4. The number of halogens is 5. The molecule has 2 amide bonds. The standard InChI is InChI=1S/C25H15Cl2F3N6O3/c1-12-9-19(35-39-12)32-23(37)15-10-13-5-2-3-6-14(13)20(27)21(15)33-24(38)17-11-18(25(28,29)30)34-36(17)22-16(26)7-4-8-31-22/h2-11H,1H3,(H,33,38)(H,32,35,37). The lowest BCUT2D eigenvalue weighted by Gasteiger charge is -2.15. The Kier molecular flexibility index (Phi) is 6.74. The van der Waals surface area contributed by atoms with Crippen LogP contribution < -0.4 is 10.6 Å². The van der Waals surface area contributed by atoms with Gasteiger partial charge in [-0.25, -0.2) is 9.67 Å². The molecule has 0 radical (unpaired) electrons. The summed E-state index contributed by atoms with van der Waals surface area (Å²) in [6.45, 7) is 1.63. The number of pyridine rings is 1. The molecule has 9 nitrogen and oxygen atoms in total. The van der Waals surface area contributed by atoms with Crippen LogP contribution in [0.5, 0.6) is 0 Å². The Labute approximate surface area is 227 Å². The average molecular weight is 575 g/mol. The van der Waals surface area contributed by atoms with E-state index < -0.39 is 29.4 Å². The van der Waals surface area contributed by atoms with Gasteiger partial charge in [-0.3, -0.25) is 9.59 Å². The molecule has 2 N–H and O–H groups in total. The van der Waals surface area contributed by atoms with Crippen molar-refractivity contribution in [1.82, 2.24) is 19.9 Å². The largest absolute Gasteiger partial charge is 0.435 e. The van der Waals surface area contributed by atoms with Crippen LogP contribution >= 0.6 is 23.2 Å². The molecule has 0 saturated carbocycles. The molecule has 0 aliphatic rings. The summed E-state index contributed by atoms with van der Waals surface area (Å²) in [7, 11) is 0. The van der Waals surface area contributed by atoms with Gasteiger partial charge in [0, 0.05) is 23.7 Å². The molecule has 2 aromatic carbocycles. The van der Waals surface area contributed by atoms with E-state index in [2.05, 4.69) is 25.9 Å². The van der Waals surface area contributed by atoms with Crippen molar-refractivity contribution >= 4 is 57.3 Å². The van der Waals surface area contributed by atoms with Crippen LogP contribution in [0, 0.1) is 6.92 Å². The van der Waals surface area contributed by atoms with Gasteiger partial charge in [0.15, 0.2) is 17.3 Å². The topological polar surface area (TPSA) is 115 Å². The highest BCUT2D eigenvalue weighted by Gasteiger charge is 2.37. The normalized spacial score (nSPS) is 11.5. The molecule has 0 aliphatic heterocycles. The number of hydrogen-bond donors (Lipinski definition) is 2. The molecule has 0 aliphatic carbocycles. The van der Waals surface area contributed by atoms with Crippen molar-refractivity contribution in [2.45, 2.75) is 13.1 Å². The first-order valence-electron chi connectivity index (χ1n) is 11.1. The number of amides is 2. The third-order valence-electron chi connectivity index (χ3n) is 5.51. The van der Waals surface area contributed by atoms with E-state index in [4.69, 9.17) is 27.7 Å². The summed E-state index contributed by atoms with van der Waals surface area (Å²) in [4.78, 5) is 30.6. The Morgan fingerprint density at radius 1 is 1.00 bits per heavy atom. The van der Waals surface area contributed by atoms with Crippen LogP contribution in [-0.2, 0) is 6.18 Å². The number of aryl methyl sites for hydroxylation is 1. The summed E-state index contributed by atoms with van der Waals surface area (Å²) in [5, 5.41) is 13.3. The van der Waals surface area contributed by atoms with Crippen molar-refractivity contribution in [3.8, 4) is 5.82 Å². The van der Waals surface area contributed by atoms with Crippen molar-refractivity contribution in [2.75, 3.05) is 10.6 Å². The van der Waals surface area contributed by atoms with E-state index in [1.165, 1.54) is 30.5 Å². The minimum absolute atomic E-state index is 0.0130. The number of anilines is 2. The number of carbonyl (C=O) groups is 2. The summed E-state index contributed by atoms with van der Waals surface area (Å²) in [6.07, 6.45) is -3.59. The first-order valence-corrected chi connectivity index (χ1v) is 11.8. The number of aromatic nitrogens is 4. The fourth-order valence-corrected chi connectivity index (χ4v) is 4.29. The molecular weight excluding hydrogens is 560 g/mol. The average Bonchev–Trinajstić information content (AvgIpc) is 3.52. The van der Waals surface area contributed by atoms with Gasteiger partial charge in [0.1, 0.15) is 11.5 Å². The molecule has 5 rings (SSSR count). The Bertz CT molecular complexity index is 1750. The number of rotatable bonds is 5. The fraction of sp³-hybridized carbons (Fsp3) is 0.0800. The van der Waals surface area contributed by atoms with E-state index in [1.807, 2.05) is 0 Å². The third kappa shape index (κ3) is 5.16. The maximum atomic E-state index is 13.6. The van der Waals surface area contributed by atoms with Crippen LogP contribution in [0.4, 0.5) is 24.7 Å². The number of alkyl halides is 3. The molecule has 0 fully saturated rings. The summed E-state index contributed by atoms with van der Waals surface area (Å²) >= 11 is 12.8. The number of benzene rings is 2. The van der Waals surface area contributed by atoms with Crippen LogP contribution in [0.2, 0.25) is 10.0 Å². The highest BCUT2D eigenvalue weighted by atomic mass is 35.5. The maximum absolute atomic E-state index is 13.6. The lowest BCUT2D eigenvalue weighted by atomic mass is 10.0. The zero-order valence-corrected chi connectivity index (χ0v) is 21.2. The predicted molar refractivity (Wildman–Crippen MR) is 137 cm³/mol. The van der Waals surface area contributed by atoms with E-state index in [0.717, 1.165) is 0 Å². The second-order valence-electron chi connectivity index (χ2n) is 8.20. The van der Waals surface area contributed by atoms with E-state index in [1.54, 1.807) is 31.2 Å². The molecule has 5 aromatic rings. The highest BCUT2D eigenvalue weighted by Crippen LogP contribution is 2.36. The Balaban J connectivity index is 1.61. The number of fused-ring (bicyclic) bond motifs is 1. The van der Waals surface area contributed by atoms with Gasteiger partial charge >= 0.3 is 6.18 Å². The SMILES string of the molecule is Cc1cc(NC(=O)c2cc3ccccc3c(Cl)c2NC(=O)c2cc(C(F)(F)F)nn2-c2ncccc2Cl)no1. The summed E-state index contributed by atoms with van der Waals surface area (Å²) in [5.41, 5.74) is -2.12. The molecule has 0 atom stereocenters. The first-order chi connectivity index (χ1) is 18.5. The first kappa shape index (κ1) is 26.2. The fourth-order valence-electron chi connectivity index (χ4n) is 3.77. The molecule has 14 heteroatoms. The summed E-state index contributed by atoms with van der Waals surface area (Å²) in [5.74, 6) is -1.41.